The topological polar surface area (TPSA) is 40.5 Å². The molecule has 0 aliphatic carbocycles. The van der Waals surface area contributed by atoms with Gasteiger partial charge < -0.3 is 10.0 Å². The molecule has 1 aromatic rings. The Labute approximate surface area is 113 Å². The third-order valence-electron chi connectivity index (χ3n) is 3.13. The van der Waals surface area contributed by atoms with Crippen molar-refractivity contribution in [3.63, 3.8) is 0 Å². The second-order valence-corrected chi connectivity index (χ2v) is 5.40. The van der Waals surface area contributed by atoms with Crippen LogP contribution in [0.15, 0.2) is 23.1 Å². The van der Waals surface area contributed by atoms with Gasteiger partial charge in [-0.25, -0.2) is 4.79 Å². The van der Waals surface area contributed by atoms with Crippen LogP contribution < -0.4 is 4.90 Å². The number of carbonyl (C=O) groups is 1. The van der Waals surface area contributed by atoms with Gasteiger partial charge in [0.25, 0.3) is 0 Å². The Morgan fingerprint density at radius 2 is 2.17 bits per heavy atom. The molecule has 0 amide bonds. The van der Waals surface area contributed by atoms with Crippen molar-refractivity contribution in [2.75, 3.05) is 24.7 Å². The molecule has 4 heteroatoms. The molecule has 0 saturated carbocycles. The SMILES string of the molecule is CCC(C)CN(C)c1cccc(SC)c1C(=O)O. The standard InChI is InChI=1S/C14H21NO2S/c1-5-10(2)9-15(3)11-7-6-8-12(18-4)13(11)14(16)17/h6-8,10H,5,9H2,1-4H3,(H,16,17). The number of nitrogens with zero attached hydrogens (tertiary/aromatic N) is 1. The van der Waals surface area contributed by atoms with E-state index in [0.717, 1.165) is 23.5 Å². The van der Waals surface area contributed by atoms with Crippen LogP contribution in [0.3, 0.4) is 0 Å². The normalized spacial score (nSPS) is 12.2. The maximum atomic E-state index is 11.4. The summed E-state index contributed by atoms with van der Waals surface area (Å²) in [6, 6.07) is 5.65. The Bertz CT molecular complexity index is 420. The molecule has 0 bridgehead atoms. The lowest BCUT2D eigenvalue weighted by Crippen LogP contribution is -2.25. The summed E-state index contributed by atoms with van der Waals surface area (Å²) in [5, 5.41) is 9.38. The van der Waals surface area contributed by atoms with Crippen LogP contribution in [-0.2, 0) is 0 Å². The Morgan fingerprint density at radius 1 is 1.50 bits per heavy atom. The molecule has 100 valence electrons. The van der Waals surface area contributed by atoms with Crippen molar-refractivity contribution in [2.24, 2.45) is 5.92 Å². The average molecular weight is 267 g/mol. The van der Waals surface area contributed by atoms with E-state index in [9.17, 15) is 9.90 Å². The van der Waals surface area contributed by atoms with Gasteiger partial charge in [0.15, 0.2) is 0 Å². The van der Waals surface area contributed by atoms with Crippen LogP contribution in [0.2, 0.25) is 0 Å². The molecule has 0 spiro atoms. The average Bonchev–Trinajstić information content (AvgIpc) is 2.37. The quantitative estimate of drug-likeness (QED) is 0.800. The first kappa shape index (κ1) is 14.9. The lowest BCUT2D eigenvalue weighted by atomic mass is 10.1. The van der Waals surface area contributed by atoms with Gasteiger partial charge in [-0.2, -0.15) is 0 Å². The van der Waals surface area contributed by atoms with Crippen LogP contribution in [0.5, 0.6) is 0 Å². The first-order valence-corrected chi connectivity index (χ1v) is 7.35. The molecule has 1 aromatic carbocycles. The van der Waals surface area contributed by atoms with Crippen LogP contribution in [0.1, 0.15) is 30.6 Å². The van der Waals surface area contributed by atoms with Gasteiger partial charge in [-0.1, -0.05) is 26.3 Å². The van der Waals surface area contributed by atoms with E-state index < -0.39 is 5.97 Å². The van der Waals surface area contributed by atoms with E-state index in [1.54, 1.807) is 0 Å². The molecule has 0 aromatic heterocycles. The maximum absolute atomic E-state index is 11.4. The van der Waals surface area contributed by atoms with Gasteiger partial charge in [-0.15, -0.1) is 11.8 Å². The molecule has 1 N–H and O–H groups in total. The van der Waals surface area contributed by atoms with Gasteiger partial charge in [0.2, 0.25) is 0 Å². The summed E-state index contributed by atoms with van der Waals surface area (Å²) in [6.07, 6.45) is 3.00. The van der Waals surface area contributed by atoms with Gasteiger partial charge >= 0.3 is 5.97 Å². The third-order valence-corrected chi connectivity index (χ3v) is 3.91. The minimum Gasteiger partial charge on any atom is -0.478 e. The summed E-state index contributed by atoms with van der Waals surface area (Å²) in [7, 11) is 1.96. The number of anilines is 1. The van der Waals surface area contributed by atoms with Crippen molar-refractivity contribution in [3.8, 4) is 0 Å². The fourth-order valence-electron chi connectivity index (χ4n) is 1.92. The summed E-state index contributed by atoms with van der Waals surface area (Å²) < 4.78 is 0. The van der Waals surface area contributed by atoms with E-state index in [-0.39, 0.29) is 0 Å². The summed E-state index contributed by atoms with van der Waals surface area (Å²) >= 11 is 1.47. The van der Waals surface area contributed by atoms with Gasteiger partial charge in [0.05, 0.1) is 11.3 Å². The first-order chi connectivity index (χ1) is 8.51. The van der Waals surface area contributed by atoms with E-state index in [2.05, 4.69) is 13.8 Å². The number of hydrogen-bond donors (Lipinski definition) is 1. The zero-order chi connectivity index (χ0) is 13.7. The molecular formula is C14H21NO2S. The summed E-state index contributed by atoms with van der Waals surface area (Å²) in [6.45, 7) is 5.19. The number of rotatable bonds is 6. The van der Waals surface area contributed by atoms with E-state index in [0.29, 0.717) is 11.5 Å². The zero-order valence-electron chi connectivity index (χ0n) is 11.4. The van der Waals surface area contributed by atoms with Crippen LogP contribution >= 0.6 is 11.8 Å². The summed E-state index contributed by atoms with van der Waals surface area (Å²) in [5.74, 6) is -0.305. The molecule has 0 saturated heterocycles. The molecule has 0 radical (unpaired) electrons. The highest BCUT2D eigenvalue weighted by Gasteiger charge is 2.18. The van der Waals surface area contributed by atoms with E-state index in [4.69, 9.17) is 0 Å². The largest absolute Gasteiger partial charge is 0.478 e. The highest BCUT2D eigenvalue weighted by molar-refractivity contribution is 7.98. The maximum Gasteiger partial charge on any atom is 0.338 e. The predicted octanol–water partition coefficient (Wildman–Crippen LogP) is 3.59. The van der Waals surface area contributed by atoms with Gasteiger partial charge in [0, 0.05) is 18.5 Å². The van der Waals surface area contributed by atoms with Crippen LogP contribution in [-0.4, -0.2) is 30.9 Å². The van der Waals surface area contributed by atoms with E-state index >= 15 is 0 Å². The fourth-order valence-corrected chi connectivity index (χ4v) is 2.53. The second-order valence-electron chi connectivity index (χ2n) is 4.55. The minimum absolute atomic E-state index is 0.413. The van der Waals surface area contributed by atoms with Crippen molar-refractivity contribution in [2.45, 2.75) is 25.2 Å². The monoisotopic (exact) mass is 267 g/mol. The van der Waals surface area contributed by atoms with Crippen LogP contribution in [0.25, 0.3) is 0 Å². The Morgan fingerprint density at radius 3 is 2.67 bits per heavy atom. The Kier molecular flexibility index (Phi) is 5.54. The van der Waals surface area contributed by atoms with Gasteiger partial charge in [0.1, 0.15) is 0 Å². The van der Waals surface area contributed by atoms with E-state index in [1.165, 1.54) is 11.8 Å². The molecule has 18 heavy (non-hydrogen) atoms. The number of benzene rings is 1. The number of carboxylic acids is 1. The number of hydrogen-bond acceptors (Lipinski definition) is 3. The van der Waals surface area contributed by atoms with Crippen molar-refractivity contribution in [1.29, 1.82) is 0 Å². The number of aromatic carboxylic acids is 1. The van der Waals surface area contributed by atoms with Gasteiger partial charge in [-0.3, -0.25) is 0 Å². The van der Waals surface area contributed by atoms with Crippen molar-refractivity contribution in [1.82, 2.24) is 0 Å². The summed E-state index contributed by atoms with van der Waals surface area (Å²) in [5.41, 5.74) is 1.21. The van der Waals surface area contributed by atoms with Crippen molar-refractivity contribution >= 4 is 23.4 Å². The lowest BCUT2D eigenvalue weighted by molar-refractivity contribution is 0.0694. The molecule has 1 rings (SSSR count). The minimum atomic E-state index is -0.856. The smallest absolute Gasteiger partial charge is 0.338 e. The molecule has 0 aliphatic rings. The van der Waals surface area contributed by atoms with E-state index in [1.807, 2.05) is 36.4 Å². The predicted molar refractivity (Wildman–Crippen MR) is 77.9 cm³/mol. The zero-order valence-corrected chi connectivity index (χ0v) is 12.3. The molecule has 3 nitrogen and oxygen atoms in total. The second kappa shape index (κ2) is 6.69. The highest BCUT2D eigenvalue weighted by atomic mass is 32.2. The highest BCUT2D eigenvalue weighted by Crippen LogP contribution is 2.29. The van der Waals surface area contributed by atoms with Crippen LogP contribution in [0.4, 0.5) is 5.69 Å². The molecular weight excluding hydrogens is 246 g/mol. The lowest BCUT2D eigenvalue weighted by Gasteiger charge is -2.25. The fraction of sp³-hybridized carbons (Fsp3) is 0.500. The van der Waals surface area contributed by atoms with Gasteiger partial charge in [-0.05, 0) is 24.3 Å². The summed E-state index contributed by atoms with van der Waals surface area (Å²) in [4.78, 5) is 14.3. The first-order valence-electron chi connectivity index (χ1n) is 6.12. The number of thioether (sulfide) groups is 1. The number of carboxylic acid groups (broad SMARTS) is 1. The van der Waals surface area contributed by atoms with Crippen molar-refractivity contribution < 1.29 is 9.90 Å². The van der Waals surface area contributed by atoms with Crippen molar-refractivity contribution in [3.05, 3.63) is 23.8 Å². The molecule has 0 heterocycles. The third kappa shape index (κ3) is 3.42. The molecule has 0 fully saturated rings. The molecule has 1 atom stereocenters. The molecule has 0 aliphatic heterocycles. The Hall–Kier alpha value is -1.16. The van der Waals surface area contributed by atoms with Crippen LogP contribution in [0, 0.1) is 5.92 Å². The Balaban J connectivity index is 3.11. The molecule has 1 unspecified atom stereocenters.